The van der Waals surface area contributed by atoms with E-state index < -0.39 is 0 Å². The lowest BCUT2D eigenvalue weighted by Crippen LogP contribution is -2.30. The number of aromatic nitrogens is 1. The molecule has 0 aliphatic carbocycles. The third-order valence-electron chi connectivity index (χ3n) is 2.11. The third-order valence-corrected chi connectivity index (χ3v) is 2.11. The van der Waals surface area contributed by atoms with Gasteiger partial charge in [-0.05, 0) is 12.1 Å². The van der Waals surface area contributed by atoms with Crippen molar-refractivity contribution < 1.29 is 4.79 Å². The minimum Gasteiger partial charge on any atom is -0.330 e. The molecule has 0 bridgehead atoms. The molecule has 1 heterocycles. The van der Waals surface area contributed by atoms with Crippen LogP contribution in [-0.4, -0.2) is 29.6 Å². The first-order valence-electron chi connectivity index (χ1n) is 4.73. The summed E-state index contributed by atoms with van der Waals surface area (Å²) in [6, 6.07) is 3.89. The Balaban J connectivity index is 3.12. The van der Waals surface area contributed by atoms with Crippen LogP contribution in [0.4, 0.5) is 4.79 Å². The van der Waals surface area contributed by atoms with Gasteiger partial charge in [-0.1, -0.05) is 20.8 Å². The zero-order valence-corrected chi connectivity index (χ0v) is 9.53. The fourth-order valence-electron chi connectivity index (χ4n) is 1.37. The van der Waals surface area contributed by atoms with Crippen LogP contribution in [0.5, 0.6) is 0 Å². The first-order chi connectivity index (χ1) is 6.34. The molecule has 1 rings (SSSR count). The molecule has 0 radical (unpaired) electrons. The van der Waals surface area contributed by atoms with Gasteiger partial charge in [-0.2, -0.15) is 0 Å². The molecule has 3 nitrogen and oxygen atoms in total. The average Bonchev–Trinajstić information content (AvgIpc) is 2.48. The van der Waals surface area contributed by atoms with E-state index in [-0.39, 0.29) is 11.4 Å². The smallest absolute Gasteiger partial charge is 0.327 e. The fraction of sp³-hybridized carbons (Fsp3) is 0.545. The Labute approximate surface area is 85.3 Å². The summed E-state index contributed by atoms with van der Waals surface area (Å²) < 4.78 is 1.69. The Morgan fingerprint density at radius 1 is 1.36 bits per heavy atom. The van der Waals surface area contributed by atoms with E-state index in [4.69, 9.17) is 0 Å². The fourth-order valence-corrected chi connectivity index (χ4v) is 1.37. The van der Waals surface area contributed by atoms with Crippen molar-refractivity contribution >= 4 is 6.03 Å². The molecule has 0 fully saturated rings. The predicted molar refractivity (Wildman–Crippen MR) is 57.6 cm³/mol. The first-order valence-corrected chi connectivity index (χ1v) is 4.73. The van der Waals surface area contributed by atoms with E-state index in [1.165, 1.54) is 0 Å². The molecule has 0 atom stereocenters. The molecule has 3 heteroatoms. The van der Waals surface area contributed by atoms with E-state index in [2.05, 4.69) is 20.8 Å². The Morgan fingerprint density at radius 2 is 1.93 bits per heavy atom. The van der Waals surface area contributed by atoms with Crippen LogP contribution in [0.1, 0.15) is 26.5 Å². The molecule has 1 aromatic heterocycles. The number of carbonyl (C=O) groups excluding carboxylic acids is 1. The second-order valence-electron chi connectivity index (χ2n) is 4.69. The minimum absolute atomic E-state index is 0.0000694. The number of nitrogens with zero attached hydrogens (tertiary/aromatic N) is 2. The Hall–Kier alpha value is -1.25. The van der Waals surface area contributed by atoms with Gasteiger partial charge < -0.3 is 4.90 Å². The summed E-state index contributed by atoms with van der Waals surface area (Å²) in [7, 11) is 3.52. The van der Waals surface area contributed by atoms with Crippen molar-refractivity contribution in [2.75, 3.05) is 14.1 Å². The SMILES string of the molecule is CN(C)C(=O)n1cccc1C(C)(C)C. The highest BCUT2D eigenvalue weighted by molar-refractivity contribution is 5.77. The van der Waals surface area contributed by atoms with Gasteiger partial charge in [0.15, 0.2) is 0 Å². The molecule has 0 N–H and O–H groups in total. The molecular formula is C11H18N2O. The second kappa shape index (κ2) is 3.48. The van der Waals surface area contributed by atoms with Gasteiger partial charge >= 0.3 is 6.03 Å². The lowest BCUT2D eigenvalue weighted by Gasteiger charge is -2.22. The van der Waals surface area contributed by atoms with E-state index in [0.29, 0.717) is 0 Å². The Kier molecular flexibility index (Phi) is 2.69. The number of hydrogen-bond donors (Lipinski definition) is 0. The van der Waals surface area contributed by atoms with Crippen molar-refractivity contribution in [3.05, 3.63) is 24.0 Å². The van der Waals surface area contributed by atoms with Crippen LogP contribution in [0.2, 0.25) is 0 Å². The van der Waals surface area contributed by atoms with Gasteiger partial charge in [0.25, 0.3) is 0 Å². The van der Waals surface area contributed by atoms with Gasteiger partial charge in [-0.25, -0.2) is 4.79 Å². The van der Waals surface area contributed by atoms with Gasteiger partial charge in [0.05, 0.1) is 0 Å². The highest BCUT2D eigenvalue weighted by Gasteiger charge is 2.21. The van der Waals surface area contributed by atoms with Crippen LogP contribution in [0.3, 0.4) is 0 Å². The first kappa shape index (κ1) is 10.8. The van der Waals surface area contributed by atoms with Crippen LogP contribution in [0.15, 0.2) is 18.3 Å². The summed E-state index contributed by atoms with van der Waals surface area (Å²) in [4.78, 5) is 13.3. The standard InChI is InChI=1S/C11H18N2O/c1-11(2,3)9-7-6-8-13(9)10(14)12(4)5/h6-8H,1-5H3. The molecular weight excluding hydrogens is 176 g/mol. The molecule has 78 valence electrons. The average molecular weight is 194 g/mol. The molecule has 1 amide bonds. The second-order valence-corrected chi connectivity index (χ2v) is 4.69. The molecule has 0 saturated heterocycles. The Morgan fingerprint density at radius 3 is 2.36 bits per heavy atom. The van der Waals surface area contributed by atoms with Gasteiger partial charge in [0, 0.05) is 31.4 Å². The molecule has 1 aromatic rings. The molecule has 0 saturated carbocycles. The molecule has 14 heavy (non-hydrogen) atoms. The molecule has 0 aliphatic rings. The highest BCUT2D eigenvalue weighted by atomic mass is 16.2. The highest BCUT2D eigenvalue weighted by Crippen LogP contribution is 2.22. The maximum absolute atomic E-state index is 11.8. The van der Waals surface area contributed by atoms with Crippen LogP contribution in [0.25, 0.3) is 0 Å². The number of hydrogen-bond acceptors (Lipinski definition) is 1. The van der Waals surface area contributed by atoms with E-state index in [9.17, 15) is 4.79 Å². The van der Waals surface area contributed by atoms with E-state index in [1.807, 2.05) is 18.3 Å². The maximum Gasteiger partial charge on any atom is 0.327 e. The molecule has 0 spiro atoms. The molecule has 0 aromatic carbocycles. The van der Waals surface area contributed by atoms with Crippen molar-refractivity contribution in [3.63, 3.8) is 0 Å². The Bertz CT molecular complexity index is 331. The number of rotatable bonds is 0. The predicted octanol–water partition coefficient (Wildman–Crippen LogP) is 2.32. The van der Waals surface area contributed by atoms with Crippen LogP contribution >= 0.6 is 0 Å². The summed E-state index contributed by atoms with van der Waals surface area (Å²) >= 11 is 0. The third kappa shape index (κ3) is 1.97. The van der Waals surface area contributed by atoms with Gasteiger partial charge in [-0.3, -0.25) is 4.57 Å². The van der Waals surface area contributed by atoms with Gasteiger partial charge in [0.1, 0.15) is 0 Å². The monoisotopic (exact) mass is 194 g/mol. The molecule has 0 aliphatic heterocycles. The maximum atomic E-state index is 11.8. The lowest BCUT2D eigenvalue weighted by molar-refractivity contribution is 0.217. The topological polar surface area (TPSA) is 25.2 Å². The molecule has 0 unspecified atom stereocenters. The number of amides is 1. The minimum atomic E-state index is -0.00479. The van der Waals surface area contributed by atoms with Crippen molar-refractivity contribution in [2.24, 2.45) is 0 Å². The summed E-state index contributed by atoms with van der Waals surface area (Å²) in [5.74, 6) is 0. The lowest BCUT2D eigenvalue weighted by atomic mass is 9.92. The zero-order chi connectivity index (χ0) is 10.9. The van der Waals surface area contributed by atoms with E-state index in [0.717, 1.165) is 5.69 Å². The zero-order valence-electron chi connectivity index (χ0n) is 9.53. The van der Waals surface area contributed by atoms with Crippen molar-refractivity contribution in [1.82, 2.24) is 9.47 Å². The van der Waals surface area contributed by atoms with Gasteiger partial charge in [-0.15, -0.1) is 0 Å². The van der Waals surface area contributed by atoms with Gasteiger partial charge in [0.2, 0.25) is 0 Å². The van der Waals surface area contributed by atoms with Crippen LogP contribution in [0, 0.1) is 0 Å². The van der Waals surface area contributed by atoms with Crippen molar-refractivity contribution in [1.29, 1.82) is 0 Å². The summed E-state index contributed by atoms with van der Waals surface area (Å²) in [6.07, 6.45) is 1.81. The normalized spacial score (nSPS) is 11.5. The van der Waals surface area contributed by atoms with Crippen LogP contribution < -0.4 is 0 Å². The van der Waals surface area contributed by atoms with E-state index in [1.54, 1.807) is 23.6 Å². The quantitative estimate of drug-likeness (QED) is 0.622. The van der Waals surface area contributed by atoms with Crippen LogP contribution in [-0.2, 0) is 5.41 Å². The van der Waals surface area contributed by atoms with Crippen molar-refractivity contribution in [2.45, 2.75) is 26.2 Å². The van der Waals surface area contributed by atoms with Crippen molar-refractivity contribution in [3.8, 4) is 0 Å². The summed E-state index contributed by atoms with van der Waals surface area (Å²) in [5.41, 5.74) is 1.03. The van der Waals surface area contributed by atoms with E-state index >= 15 is 0 Å². The number of carbonyl (C=O) groups is 1. The largest absolute Gasteiger partial charge is 0.330 e. The summed E-state index contributed by atoms with van der Waals surface area (Å²) in [6.45, 7) is 6.30. The summed E-state index contributed by atoms with van der Waals surface area (Å²) in [5, 5.41) is 0.